The minimum absolute atomic E-state index is 0.108. The molecule has 1 N–H and O–H groups in total. The monoisotopic (exact) mass is 316 g/mol. The SMILES string of the molecule is COCCN(CC1CCCN1)S(=O)(=O)c1cn(C)c(C)n1. The van der Waals surface area contributed by atoms with Crippen molar-refractivity contribution in [3.8, 4) is 0 Å². The molecule has 1 fully saturated rings. The van der Waals surface area contributed by atoms with E-state index < -0.39 is 10.0 Å². The van der Waals surface area contributed by atoms with E-state index in [0.717, 1.165) is 19.4 Å². The number of aromatic nitrogens is 2. The van der Waals surface area contributed by atoms with Crippen molar-refractivity contribution in [2.45, 2.75) is 30.8 Å². The molecule has 0 saturated carbocycles. The van der Waals surface area contributed by atoms with Crippen molar-refractivity contribution in [3.05, 3.63) is 12.0 Å². The Labute approximate surface area is 126 Å². The molecule has 1 aromatic rings. The molecule has 1 unspecified atom stereocenters. The van der Waals surface area contributed by atoms with Crippen LogP contribution >= 0.6 is 0 Å². The molecule has 7 nitrogen and oxygen atoms in total. The van der Waals surface area contributed by atoms with Crippen molar-refractivity contribution in [1.29, 1.82) is 0 Å². The minimum Gasteiger partial charge on any atom is -0.383 e. The lowest BCUT2D eigenvalue weighted by atomic mass is 10.2. The zero-order valence-corrected chi connectivity index (χ0v) is 13.7. The summed E-state index contributed by atoms with van der Waals surface area (Å²) < 4.78 is 33.8. The highest BCUT2D eigenvalue weighted by Gasteiger charge is 2.30. The number of imidazole rings is 1. The molecule has 0 bridgehead atoms. The van der Waals surface area contributed by atoms with E-state index in [1.807, 2.05) is 0 Å². The molecule has 1 aliphatic rings. The van der Waals surface area contributed by atoms with Gasteiger partial charge >= 0.3 is 0 Å². The Morgan fingerprint density at radius 1 is 1.57 bits per heavy atom. The van der Waals surface area contributed by atoms with Crippen LogP contribution in [0.3, 0.4) is 0 Å². The van der Waals surface area contributed by atoms with Gasteiger partial charge in [-0.3, -0.25) is 0 Å². The summed E-state index contributed by atoms with van der Waals surface area (Å²) in [5, 5.41) is 3.44. The van der Waals surface area contributed by atoms with Gasteiger partial charge in [0.2, 0.25) is 0 Å². The summed E-state index contributed by atoms with van der Waals surface area (Å²) in [4.78, 5) is 4.16. The van der Waals surface area contributed by atoms with E-state index in [1.54, 1.807) is 31.8 Å². The van der Waals surface area contributed by atoms with Gasteiger partial charge in [-0.1, -0.05) is 0 Å². The zero-order valence-electron chi connectivity index (χ0n) is 12.9. The number of aryl methyl sites for hydroxylation is 2. The van der Waals surface area contributed by atoms with Gasteiger partial charge in [-0.2, -0.15) is 4.31 Å². The van der Waals surface area contributed by atoms with Crippen LogP contribution in [0.15, 0.2) is 11.2 Å². The van der Waals surface area contributed by atoms with Crippen LogP contribution in [0, 0.1) is 6.92 Å². The standard InChI is InChI=1S/C13H24N4O3S/c1-11-15-13(10-16(11)2)21(18,19)17(7-8-20-3)9-12-5-4-6-14-12/h10,12,14H,4-9H2,1-3H3. The molecule has 2 rings (SSSR count). The molecule has 2 heterocycles. The van der Waals surface area contributed by atoms with Crippen LogP contribution in [0.4, 0.5) is 0 Å². The third-order valence-corrected chi connectivity index (χ3v) is 5.56. The predicted octanol–water partition coefficient (Wildman–Crippen LogP) is 0.118. The smallest absolute Gasteiger partial charge is 0.262 e. The van der Waals surface area contributed by atoms with Crippen molar-refractivity contribution in [3.63, 3.8) is 0 Å². The molecule has 0 spiro atoms. The first-order chi connectivity index (χ1) is 9.95. The number of rotatable bonds is 7. The molecule has 1 saturated heterocycles. The summed E-state index contributed by atoms with van der Waals surface area (Å²) in [6.45, 7) is 3.91. The van der Waals surface area contributed by atoms with Crippen LogP contribution in [-0.2, 0) is 21.8 Å². The normalized spacial score (nSPS) is 19.5. The van der Waals surface area contributed by atoms with E-state index in [-0.39, 0.29) is 11.1 Å². The van der Waals surface area contributed by atoms with E-state index >= 15 is 0 Å². The fourth-order valence-corrected chi connectivity index (χ4v) is 3.94. The van der Waals surface area contributed by atoms with Gasteiger partial charge in [-0.05, 0) is 26.3 Å². The molecule has 0 aromatic carbocycles. The number of nitrogens with zero attached hydrogens (tertiary/aromatic N) is 3. The Hall–Kier alpha value is -0.960. The van der Waals surface area contributed by atoms with Crippen molar-refractivity contribution >= 4 is 10.0 Å². The second-order valence-corrected chi connectivity index (χ2v) is 7.27. The fraction of sp³-hybridized carbons (Fsp3) is 0.769. The topological polar surface area (TPSA) is 76.5 Å². The maximum absolute atomic E-state index is 12.8. The van der Waals surface area contributed by atoms with E-state index in [4.69, 9.17) is 4.74 Å². The second kappa shape index (κ2) is 6.87. The Kier molecular flexibility index (Phi) is 5.37. The van der Waals surface area contributed by atoms with E-state index in [9.17, 15) is 8.42 Å². The highest BCUT2D eigenvalue weighted by atomic mass is 32.2. The van der Waals surface area contributed by atoms with Crippen LogP contribution in [0.25, 0.3) is 0 Å². The largest absolute Gasteiger partial charge is 0.383 e. The number of sulfonamides is 1. The Balaban J connectivity index is 2.20. The first-order valence-corrected chi connectivity index (χ1v) is 8.61. The summed E-state index contributed by atoms with van der Waals surface area (Å²) in [6, 6.07) is 0.210. The number of ether oxygens (including phenoxy) is 1. The maximum Gasteiger partial charge on any atom is 0.262 e. The van der Waals surface area contributed by atoms with Gasteiger partial charge in [0, 0.05) is 39.5 Å². The van der Waals surface area contributed by atoms with Crippen LogP contribution < -0.4 is 5.32 Å². The summed E-state index contributed by atoms with van der Waals surface area (Å²) >= 11 is 0. The minimum atomic E-state index is -3.58. The Morgan fingerprint density at radius 2 is 2.33 bits per heavy atom. The van der Waals surface area contributed by atoms with Gasteiger partial charge in [0.25, 0.3) is 10.0 Å². The lowest BCUT2D eigenvalue weighted by molar-refractivity contribution is 0.176. The van der Waals surface area contributed by atoms with Gasteiger partial charge in [0.15, 0.2) is 5.03 Å². The fourth-order valence-electron chi connectivity index (χ4n) is 2.44. The highest BCUT2D eigenvalue weighted by molar-refractivity contribution is 7.89. The summed E-state index contributed by atoms with van der Waals surface area (Å²) in [7, 11) is -0.217. The van der Waals surface area contributed by atoms with Gasteiger partial charge in [-0.25, -0.2) is 13.4 Å². The van der Waals surface area contributed by atoms with Crippen molar-refractivity contribution in [2.24, 2.45) is 7.05 Å². The molecule has 1 atom stereocenters. The zero-order chi connectivity index (χ0) is 15.5. The number of hydrogen-bond acceptors (Lipinski definition) is 5. The van der Waals surface area contributed by atoms with Crippen molar-refractivity contribution < 1.29 is 13.2 Å². The van der Waals surface area contributed by atoms with Crippen LogP contribution in [0.5, 0.6) is 0 Å². The molecular formula is C13H24N4O3S. The van der Waals surface area contributed by atoms with Gasteiger partial charge in [0.05, 0.1) is 6.61 Å². The maximum atomic E-state index is 12.8. The van der Waals surface area contributed by atoms with Gasteiger partial charge in [0.1, 0.15) is 5.82 Å². The highest BCUT2D eigenvalue weighted by Crippen LogP contribution is 2.17. The number of hydrogen-bond donors (Lipinski definition) is 1. The molecule has 21 heavy (non-hydrogen) atoms. The van der Waals surface area contributed by atoms with E-state index in [0.29, 0.717) is 25.5 Å². The average Bonchev–Trinajstić information content (AvgIpc) is 3.05. The van der Waals surface area contributed by atoms with Gasteiger partial charge < -0.3 is 14.6 Å². The first kappa shape index (κ1) is 16.4. The van der Waals surface area contributed by atoms with Crippen molar-refractivity contribution in [1.82, 2.24) is 19.2 Å². The molecule has 120 valence electrons. The molecule has 8 heteroatoms. The molecule has 0 amide bonds. The predicted molar refractivity (Wildman–Crippen MR) is 79.6 cm³/mol. The van der Waals surface area contributed by atoms with E-state index in [1.165, 1.54) is 4.31 Å². The average molecular weight is 316 g/mol. The lowest BCUT2D eigenvalue weighted by Gasteiger charge is -2.24. The van der Waals surface area contributed by atoms with Crippen LogP contribution in [0.2, 0.25) is 0 Å². The molecule has 0 aliphatic carbocycles. The number of methoxy groups -OCH3 is 1. The van der Waals surface area contributed by atoms with Crippen LogP contribution in [0.1, 0.15) is 18.7 Å². The Morgan fingerprint density at radius 3 is 2.86 bits per heavy atom. The van der Waals surface area contributed by atoms with Gasteiger partial charge in [-0.15, -0.1) is 0 Å². The van der Waals surface area contributed by atoms with Crippen molar-refractivity contribution in [2.75, 3.05) is 33.4 Å². The van der Waals surface area contributed by atoms with Crippen LogP contribution in [-0.4, -0.2) is 61.7 Å². The molecular weight excluding hydrogens is 292 g/mol. The quantitative estimate of drug-likeness (QED) is 0.773. The van der Waals surface area contributed by atoms with E-state index in [2.05, 4.69) is 10.3 Å². The molecule has 1 aliphatic heterocycles. The Bertz CT molecular complexity index is 544. The third-order valence-electron chi connectivity index (χ3n) is 3.82. The second-order valence-electron chi connectivity index (χ2n) is 5.39. The summed E-state index contributed by atoms with van der Waals surface area (Å²) in [6.07, 6.45) is 3.65. The summed E-state index contributed by atoms with van der Waals surface area (Å²) in [5.74, 6) is 0.680. The lowest BCUT2D eigenvalue weighted by Crippen LogP contribution is -2.42. The summed E-state index contributed by atoms with van der Waals surface area (Å²) in [5.41, 5.74) is 0. The third kappa shape index (κ3) is 3.82. The molecule has 0 radical (unpaired) electrons. The number of nitrogens with one attached hydrogen (secondary N) is 1. The first-order valence-electron chi connectivity index (χ1n) is 7.17. The molecule has 1 aromatic heterocycles.